The number of rotatable bonds is 4. The zero-order valence-electron chi connectivity index (χ0n) is 10.6. The van der Waals surface area contributed by atoms with Gasteiger partial charge < -0.3 is 9.47 Å². The molecule has 1 aliphatic rings. The highest BCUT2D eigenvalue weighted by Gasteiger charge is 2.20. The van der Waals surface area contributed by atoms with E-state index in [0.29, 0.717) is 30.3 Å². The van der Waals surface area contributed by atoms with Gasteiger partial charge in [-0.3, -0.25) is 9.59 Å². The van der Waals surface area contributed by atoms with Gasteiger partial charge in [0.2, 0.25) is 11.6 Å². The van der Waals surface area contributed by atoms with Crippen molar-refractivity contribution in [2.45, 2.75) is 20.3 Å². The van der Waals surface area contributed by atoms with Gasteiger partial charge in [-0.25, -0.2) is 0 Å². The van der Waals surface area contributed by atoms with E-state index in [1.807, 2.05) is 13.8 Å². The monoisotopic (exact) mass is 248 g/mol. The molecule has 2 rings (SSSR count). The molecule has 0 saturated heterocycles. The van der Waals surface area contributed by atoms with Crippen molar-refractivity contribution in [1.82, 2.24) is 0 Å². The van der Waals surface area contributed by atoms with Crippen molar-refractivity contribution in [2.24, 2.45) is 5.92 Å². The third-order valence-corrected chi connectivity index (χ3v) is 2.65. The van der Waals surface area contributed by atoms with Crippen LogP contribution in [0.25, 0.3) is 0 Å². The van der Waals surface area contributed by atoms with Crippen molar-refractivity contribution in [3.63, 3.8) is 0 Å². The summed E-state index contributed by atoms with van der Waals surface area (Å²) in [6.45, 7) is 4.79. The van der Waals surface area contributed by atoms with Crippen molar-refractivity contribution in [2.75, 3.05) is 13.2 Å². The Morgan fingerprint density at radius 1 is 1.17 bits per heavy atom. The Morgan fingerprint density at radius 3 is 2.50 bits per heavy atom. The molecule has 0 saturated carbocycles. The lowest BCUT2D eigenvalue weighted by atomic mass is 9.99. The minimum absolute atomic E-state index is 0.179. The maximum Gasteiger partial charge on any atom is 0.228 e. The molecule has 18 heavy (non-hydrogen) atoms. The predicted molar refractivity (Wildman–Crippen MR) is 66.2 cm³/mol. The maximum atomic E-state index is 11.9. The van der Waals surface area contributed by atoms with Crippen molar-refractivity contribution < 1.29 is 19.1 Å². The molecule has 0 amide bonds. The first-order valence-electron chi connectivity index (χ1n) is 6.05. The fourth-order valence-electron chi connectivity index (χ4n) is 1.81. The average molecular weight is 248 g/mol. The summed E-state index contributed by atoms with van der Waals surface area (Å²) in [5, 5.41) is 0. The molecule has 0 atom stereocenters. The number of carbonyl (C=O) groups excluding carboxylic acids is 2. The molecule has 0 N–H and O–H groups in total. The van der Waals surface area contributed by atoms with Crippen LogP contribution in [0.2, 0.25) is 0 Å². The van der Waals surface area contributed by atoms with Crippen LogP contribution in [-0.2, 0) is 4.79 Å². The van der Waals surface area contributed by atoms with Crippen LogP contribution in [0.3, 0.4) is 0 Å². The minimum Gasteiger partial charge on any atom is -0.486 e. The van der Waals surface area contributed by atoms with Crippen LogP contribution in [0, 0.1) is 5.92 Å². The quantitative estimate of drug-likeness (QED) is 0.605. The highest BCUT2D eigenvalue weighted by Crippen LogP contribution is 2.31. The van der Waals surface area contributed by atoms with Crippen LogP contribution in [0.1, 0.15) is 30.6 Å². The van der Waals surface area contributed by atoms with Gasteiger partial charge in [0.05, 0.1) is 0 Å². The normalized spacial score (nSPS) is 13.5. The fourth-order valence-corrected chi connectivity index (χ4v) is 1.81. The zero-order valence-corrected chi connectivity index (χ0v) is 10.6. The summed E-state index contributed by atoms with van der Waals surface area (Å²) in [6, 6.07) is 4.85. The van der Waals surface area contributed by atoms with Gasteiger partial charge in [0.15, 0.2) is 11.5 Å². The van der Waals surface area contributed by atoms with Crippen molar-refractivity contribution in [3.8, 4) is 11.5 Å². The lowest BCUT2D eigenvalue weighted by Gasteiger charge is -2.18. The molecule has 0 unspecified atom stereocenters. The van der Waals surface area contributed by atoms with Crippen molar-refractivity contribution in [1.29, 1.82) is 0 Å². The van der Waals surface area contributed by atoms with Gasteiger partial charge in [-0.2, -0.15) is 0 Å². The highest BCUT2D eigenvalue weighted by atomic mass is 16.6. The third kappa shape index (κ3) is 2.70. The number of Topliss-reactive ketones (excluding diaryl/α,β-unsaturated/α-hetero) is 2. The highest BCUT2D eigenvalue weighted by molar-refractivity contribution is 6.43. The van der Waals surface area contributed by atoms with E-state index in [0.717, 1.165) is 0 Å². The summed E-state index contributed by atoms with van der Waals surface area (Å²) in [5.74, 6) is 0.513. The molecule has 0 fully saturated rings. The third-order valence-electron chi connectivity index (χ3n) is 2.65. The number of benzene rings is 1. The van der Waals surface area contributed by atoms with Gasteiger partial charge in [-0.05, 0) is 24.1 Å². The van der Waals surface area contributed by atoms with Crippen LogP contribution in [0.4, 0.5) is 0 Å². The summed E-state index contributed by atoms with van der Waals surface area (Å²) in [7, 11) is 0. The molecule has 0 aliphatic carbocycles. The number of carbonyl (C=O) groups is 2. The number of ether oxygens (including phenoxy) is 2. The largest absolute Gasteiger partial charge is 0.486 e. The Kier molecular flexibility index (Phi) is 3.65. The van der Waals surface area contributed by atoms with Crippen LogP contribution in [-0.4, -0.2) is 24.8 Å². The Morgan fingerprint density at radius 2 is 1.83 bits per heavy atom. The van der Waals surface area contributed by atoms with Gasteiger partial charge in [-0.1, -0.05) is 13.8 Å². The molecule has 1 aromatic carbocycles. The molecule has 0 radical (unpaired) electrons. The summed E-state index contributed by atoms with van der Waals surface area (Å²) in [5.41, 5.74) is 0.366. The standard InChI is InChI=1S/C14H16O4/c1-9(2)7-11(15)14(16)10-3-4-12-13(8-10)18-6-5-17-12/h3-4,8-9H,5-7H2,1-2H3. The van der Waals surface area contributed by atoms with Crippen molar-refractivity contribution >= 4 is 11.6 Å². The number of fused-ring (bicyclic) bond motifs is 1. The fraction of sp³-hybridized carbons (Fsp3) is 0.429. The second-order valence-corrected chi connectivity index (χ2v) is 4.71. The van der Waals surface area contributed by atoms with Gasteiger partial charge in [-0.15, -0.1) is 0 Å². The molecule has 4 heteroatoms. The lowest BCUT2D eigenvalue weighted by molar-refractivity contribution is -0.115. The van der Waals surface area contributed by atoms with E-state index in [4.69, 9.17) is 9.47 Å². The molecule has 0 aromatic heterocycles. The SMILES string of the molecule is CC(C)CC(=O)C(=O)c1ccc2c(c1)OCCO2. The van der Waals surface area contributed by atoms with Crippen LogP contribution in [0.5, 0.6) is 11.5 Å². The Balaban J connectivity index is 2.18. The Hall–Kier alpha value is -1.84. The number of hydrogen-bond acceptors (Lipinski definition) is 4. The van der Waals surface area contributed by atoms with Gasteiger partial charge in [0.25, 0.3) is 0 Å². The molecule has 0 bridgehead atoms. The molecular formula is C14H16O4. The molecule has 1 heterocycles. The first-order valence-corrected chi connectivity index (χ1v) is 6.05. The second-order valence-electron chi connectivity index (χ2n) is 4.71. The van der Waals surface area contributed by atoms with E-state index in [9.17, 15) is 9.59 Å². The summed E-state index contributed by atoms with van der Waals surface area (Å²) >= 11 is 0. The first kappa shape index (κ1) is 12.6. The van der Waals surface area contributed by atoms with E-state index >= 15 is 0 Å². The summed E-state index contributed by atoms with van der Waals surface area (Å²) in [6.07, 6.45) is 0.271. The van der Waals surface area contributed by atoms with Crippen LogP contribution >= 0.6 is 0 Å². The molecule has 96 valence electrons. The van der Waals surface area contributed by atoms with E-state index in [1.54, 1.807) is 18.2 Å². The summed E-state index contributed by atoms with van der Waals surface area (Å²) in [4.78, 5) is 23.6. The maximum absolute atomic E-state index is 11.9. The van der Waals surface area contributed by atoms with Gasteiger partial charge in [0, 0.05) is 12.0 Å². The topological polar surface area (TPSA) is 52.6 Å². The van der Waals surface area contributed by atoms with Crippen LogP contribution in [0.15, 0.2) is 18.2 Å². The molecule has 0 spiro atoms. The van der Waals surface area contributed by atoms with Gasteiger partial charge >= 0.3 is 0 Å². The number of ketones is 2. The first-order chi connectivity index (χ1) is 8.58. The minimum atomic E-state index is -0.458. The zero-order chi connectivity index (χ0) is 13.1. The smallest absolute Gasteiger partial charge is 0.228 e. The van der Waals surface area contributed by atoms with Crippen molar-refractivity contribution in [3.05, 3.63) is 23.8 Å². The van der Waals surface area contributed by atoms with E-state index in [-0.39, 0.29) is 18.1 Å². The molecule has 4 nitrogen and oxygen atoms in total. The average Bonchev–Trinajstić information content (AvgIpc) is 2.36. The Labute approximate surface area is 106 Å². The van der Waals surface area contributed by atoms with E-state index in [1.165, 1.54) is 0 Å². The van der Waals surface area contributed by atoms with E-state index in [2.05, 4.69) is 0 Å². The molecular weight excluding hydrogens is 232 g/mol. The van der Waals surface area contributed by atoms with Gasteiger partial charge in [0.1, 0.15) is 13.2 Å². The Bertz CT molecular complexity index is 477. The van der Waals surface area contributed by atoms with Crippen LogP contribution < -0.4 is 9.47 Å². The predicted octanol–water partition coefficient (Wildman–Crippen LogP) is 2.26. The second kappa shape index (κ2) is 5.21. The van der Waals surface area contributed by atoms with E-state index < -0.39 is 5.78 Å². The molecule has 1 aromatic rings. The molecule has 1 aliphatic heterocycles. The number of hydrogen-bond donors (Lipinski definition) is 0. The lowest BCUT2D eigenvalue weighted by Crippen LogP contribution is -2.18. The summed E-state index contributed by atoms with van der Waals surface area (Å²) < 4.78 is 10.7.